The Hall–Kier alpha value is -1.18. The molecule has 0 amide bonds. The maximum absolute atomic E-state index is 13.2. The van der Waals surface area contributed by atoms with Crippen molar-refractivity contribution in [3.63, 3.8) is 0 Å². The molecule has 0 spiro atoms. The molecule has 1 aliphatic rings. The minimum absolute atomic E-state index is 0.110. The number of carbonyl (C=O) groups is 1. The largest absolute Gasteiger partial charge is 0.294 e. The zero-order valence-corrected chi connectivity index (χ0v) is 11.0. The molecule has 98 valence electrons. The molecule has 1 aromatic rings. The Kier molecular flexibility index (Phi) is 4.51. The van der Waals surface area contributed by atoms with Crippen LogP contribution in [-0.4, -0.2) is 5.78 Å². The van der Waals surface area contributed by atoms with Crippen molar-refractivity contribution in [3.8, 4) is 0 Å². The highest BCUT2D eigenvalue weighted by Gasteiger charge is 2.18. The molecule has 1 saturated carbocycles. The summed E-state index contributed by atoms with van der Waals surface area (Å²) in [5, 5.41) is 0. The molecule has 0 aromatic heterocycles. The summed E-state index contributed by atoms with van der Waals surface area (Å²) in [6.45, 7) is 1.87. The molecular weight excluding hydrogens is 227 g/mol. The number of benzene rings is 1. The van der Waals surface area contributed by atoms with E-state index in [1.165, 1.54) is 37.8 Å². The average Bonchev–Trinajstić information content (AvgIpc) is 2.61. The van der Waals surface area contributed by atoms with Gasteiger partial charge in [0.2, 0.25) is 0 Å². The van der Waals surface area contributed by atoms with Crippen molar-refractivity contribution in [1.82, 2.24) is 0 Å². The number of carbonyl (C=O) groups excluding carboxylic acids is 1. The van der Waals surface area contributed by atoms with Crippen molar-refractivity contribution in [1.29, 1.82) is 0 Å². The standard InChI is InChI=1S/C16H21FO/c1-12-8-9-14(17)11-15(12)16(18)10-13-6-4-2-3-5-7-13/h8-9,11,13H,2-7,10H2,1H3. The van der Waals surface area contributed by atoms with E-state index in [1.807, 2.05) is 6.92 Å². The van der Waals surface area contributed by atoms with Crippen LogP contribution in [0.5, 0.6) is 0 Å². The van der Waals surface area contributed by atoms with Gasteiger partial charge >= 0.3 is 0 Å². The summed E-state index contributed by atoms with van der Waals surface area (Å²) in [7, 11) is 0. The van der Waals surface area contributed by atoms with Crippen molar-refractivity contribution in [2.45, 2.75) is 51.9 Å². The van der Waals surface area contributed by atoms with Crippen LogP contribution in [0.4, 0.5) is 4.39 Å². The van der Waals surface area contributed by atoms with E-state index in [1.54, 1.807) is 6.07 Å². The predicted molar refractivity (Wildman–Crippen MR) is 71.3 cm³/mol. The predicted octanol–water partition coefficient (Wildman–Crippen LogP) is 4.68. The van der Waals surface area contributed by atoms with Crippen molar-refractivity contribution < 1.29 is 9.18 Å². The van der Waals surface area contributed by atoms with Gasteiger partial charge in [0.1, 0.15) is 5.82 Å². The van der Waals surface area contributed by atoms with Crippen LogP contribution in [0.25, 0.3) is 0 Å². The van der Waals surface area contributed by atoms with E-state index in [0.717, 1.165) is 18.4 Å². The number of aryl methyl sites for hydroxylation is 1. The van der Waals surface area contributed by atoms with Crippen molar-refractivity contribution >= 4 is 5.78 Å². The molecule has 0 bridgehead atoms. The van der Waals surface area contributed by atoms with E-state index < -0.39 is 0 Å². The molecule has 0 N–H and O–H groups in total. The van der Waals surface area contributed by atoms with Gasteiger partial charge in [-0.3, -0.25) is 4.79 Å². The molecule has 1 nitrogen and oxygen atoms in total. The van der Waals surface area contributed by atoms with Gasteiger partial charge in [-0.2, -0.15) is 0 Å². The fourth-order valence-corrected chi connectivity index (χ4v) is 2.83. The third-order valence-corrected chi connectivity index (χ3v) is 3.95. The Morgan fingerprint density at radius 2 is 1.89 bits per heavy atom. The highest BCUT2D eigenvalue weighted by Crippen LogP contribution is 2.27. The van der Waals surface area contributed by atoms with Crippen LogP contribution in [-0.2, 0) is 0 Å². The summed E-state index contributed by atoms with van der Waals surface area (Å²) in [6.07, 6.45) is 7.96. The average molecular weight is 248 g/mol. The lowest BCUT2D eigenvalue weighted by molar-refractivity contribution is 0.0956. The fourth-order valence-electron chi connectivity index (χ4n) is 2.83. The number of rotatable bonds is 3. The molecular formula is C16H21FO. The number of hydrogen-bond donors (Lipinski definition) is 0. The monoisotopic (exact) mass is 248 g/mol. The van der Waals surface area contributed by atoms with E-state index in [2.05, 4.69) is 0 Å². The SMILES string of the molecule is Cc1ccc(F)cc1C(=O)CC1CCCCCC1. The Balaban J connectivity index is 2.04. The van der Waals surface area contributed by atoms with Gasteiger partial charge < -0.3 is 0 Å². The topological polar surface area (TPSA) is 17.1 Å². The molecule has 1 fully saturated rings. The highest BCUT2D eigenvalue weighted by molar-refractivity contribution is 5.97. The second-order valence-corrected chi connectivity index (χ2v) is 5.44. The zero-order valence-electron chi connectivity index (χ0n) is 11.0. The third kappa shape index (κ3) is 3.41. The number of hydrogen-bond acceptors (Lipinski definition) is 1. The van der Waals surface area contributed by atoms with E-state index in [0.29, 0.717) is 17.9 Å². The van der Waals surface area contributed by atoms with Crippen LogP contribution in [0.3, 0.4) is 0 Å². The quantitative estimate of drug-likeness (QED) is 0.561. The molecule has 2 rings (SSSR count). The first kappa shape index (κ1) is 13.3. The van der Waals surface area contributed by atoms with Crippen LogP contribution in [0.15, 0.2) is 18.2 Å². The van der Waals surface area contributed by atoms with E-state index in [9.17, 15) is 9.18 Å². The molecule has 0 radical (unpaired) electrons. The molecule has 0 heterocycles. The van der Waals surface area contributed by atoms with Gasteiger partial charge in [0.25, 0.3) is 0 Å². The van der Waals surface area contributed by atoms with E-state index >= 15 is 0 Å². The maximum atomic E-state index is 13.2. The smallest absolute Gasteiger partial charge is 0.163 e. The lowest BCUT2D eigenvalue weighted by Crippen LogP contribution is -2.10. The van der Waals surface area contributed by atoms with Gasteiger partial charge in [-0.05, 0) is 30.5 Å². The zero-order chi connectivity index (χ0) is 13.0. The Bertz CT molecular complexity index is 417. The number of Topliss-reactive ketones (excluding diaryl/α,β-unsaturated/α-hetero) is 1. The van der Waals surface area contributed by atoms with Gasteiger partial charge in [0.15, 0.2) is 5.78 Å². The second-order valence-electron chi connectivity index (χ2n) is 5.44. The summed E-state index contributed by atoms with van der Waals surface area (Å²) < 4.78 is 13.2. The Morgan fingerprint density at radius 1 is 1.22 bits per heavy atom. The molecule has 0 unspecified atom stereocenters. The lowest BCUT2D eigenvalue weighted by Gasteiger charge is -2.13. The number of halogens is 1. The fraction of sp³-hybridized carbons (Fsp3) is 0.562. The number of ketones is 1. The van der Waals surface area contributed by atoms with Gasteiger partial charge in [-0.1, -0.05) is 44.6 Å². The normalized spacial score (nSPS) is 17.4. The van der Waals surface area contributed by atoms with Crippen LogP contribution in [0.2, 0.25) is 0 Å². The molecule has 18 heavy (non-hydrogen) atoms. The molecule has 1 aliphatic carbocycles. The van der Waals surface area contributed by atoms with Crippen molar-refractivity contribution in [2.24, 2.45) is 5.92 Å². The summed E-state index contributed by atoms with van der Waals surface area (Å²) >= 11 is 0. The van der Waals surface area contributed by atoms with Gasteiger partial charge in [0.05, 0.1) is 0 Å². The van der Waals surface area contributed by atoms with Gasteiger partial charge in [-0.25, -0.2) is 4.39 Å². The third-order valence-electron chi connectivity index (χ3n) is 3.95. The molecule has 0 atom stereocenters. The molecule has 2 heteroatoms. The minimum Gasteiger partial charge on any atom is -0.294 e. The Morgan fingerprint density at radius 3 is 2.56 bits per heavy atom. The minimum atomic E-state index is -0.315. The van der Waals surface area contributed by atoms with Gasteiger partial charge in [-0.15, -0.1) is 0 Å². The van der Waals surface area contributed by atoms with Crippen LogP contribution in [0.1, 0.15) is 60.9 Å². The first-order valence-electron chi connectivity index (χ1n) is 6.96. The first-order valence-corrected chi connectivity index (χ1v) is 6.96. The first-order chi connectivity index (χ1) is 8.66. The van der Waals surface area contributed by atoms with Crippen LogP contribution < -0.4 is 0 Å². The summed E-state index contributed by atoms with van der Waals surface area (Å²) in [6, 6.07) is 4.49. The van der Waals surface area contributed by atoms with Crippen molar-refractivity contribution in [2.75, 3.05) is 0 Å². The molecule has 0 aliphatic heterocycles. The van der Waals surface area contributed by atoms with Crippen molar-refractivity contribution in [3.05, 3.63) is 35.1 Å². The lowest BCUT2D eigenvalue weighted by atomic mass is 9.91. The van der Waals surface area contributed by atoms with E-state index in [-0.39, 0.29) is 11.6 Å². The maximum Gasteiger partial charge on any atom is 0.163 e. The Labute approximate surface area is 108 Å². The highest BCUT2D eigenvalue weighted by atomic mass is 19.1. The van der Waals surface area contributed by atoms with Gasteiger partial charge in [0, 0.05) is 12.0 Å². The molecule has 0 saturated heterocycles. The van der Waals surface area contributed by atoms with E-state index in [4.69, 9.17) is 0 Å². The summed E-state index contributed by atoms with van der Waals surface area (Å²) in [4.78, 5) is 12.2. The van der Waals surface area contributed by atoms with Crippen LogP contribution >= 0.6 is 0 Å². The molecule has 1 aromatic carbocycles. The second kappa shape index (κ2) is 6.12. The summed E-state index contributed by atoms with van der Waals surface area (Å²) in [5.41, 5.74) is 1.45. The van der Waals surface area contributed by atoms with Crippen LogP contribution in [0, 0.1) is 18.7 Å². The summed E-state index contributed by atoms with van der Waals surface area (Å²) in [5.74, 6) is 0.298.